The Bertz CT molecular complexity index is 323. The lowest BCUT2D eigenvalue weighted by Crippen LogP contribution is -2.48. The molecule has 0 radical (unpaired) electrons. The number of carbonyl (C=O) groups excluding carboxylic acids is 1. The number of ether oxygens (including phenoxy) is 1. The van der Waals surface area contributed by atoms with E-state index in [1.54, 1.807) is 0 Å². The molecule has 0 spiro atoms. The van der Waals surface area contributed by atoms with Gasteiger partial charge in [0, 0.05) is 31.2 Å². The van der Waals surface area contributed by atoms with Gasteiger partial charge in [0.2, 0.25) is 5.91 Å². The molecule has 3 nitrogen and oxygen atoms in total. The van der Waals surface area contributed by atoms with Gasteiger partial charge in [0.05, 0.1) is 0 Å². The lowest BCUT2D eigenvalue weighted by Gasteiger charge is -2.41. The lowest BCUT2D eigenvalue weighted by molar-refractivity contribution is -0.144. The summed E-state index contributed by atoms with van der Waals surface area (Å²) in [5.41, 5.74) is 0.121. The number of hydrogen-bond acceptors (Lipinski definition) is 2. The van der Waals surface area contributed by atoms with E-state index < -0.39 is 0 Å². The molecule has 0 saturated carbocycles. The van der Waals surface area contributed by atoms with Gasteiger partial charge in [0.1, 0.15) is 0 Å². The largest absolute Gasteiger partial charge is 0.381 e. The number of carbonyl (C=O) groups is 1. The fourth-order valence-corrected chi connectivity index (χ4v) is 3.66. The zero-order valence-electron chi connectivity index (χ0n) is 12.9. The Kier molecular flexibility index (Phi) is 4.54. The standard InChI is InChI=1S/C16H29NO2/c1-5-14-7-6-12(2)17(14)15(18)13(3)16(4)8-10-19-11-9-16/h12-14H,5-11H2,1-4H3/t12-,13?,14?/m1/s1. The summed E-state index contributed by atoms with van der Waals surface area (Å²) in [7, 11) is 0. The van der Waals surface area contributed by atoms with Crippen LogP contribution in [0.2, 0.25) is 0 Å². The summed E-state index contributed by atoms with van der Waals surface area (Å²) in [5.74, 6) is 0.493. The van der Waals surface area contributed by atoms with E-state index in [4.69, 9.17) is 4.74 Å². The molecule has 1 amide bonds. The van der Waals surface area contributed by atoms with E-state index >= 15 is 0 Å². The smallest absolute Gasteiger partial charge is 0.226 e. The van der Waals surface area contributed by atoms with Gasteiger partial charge < -0.3 is 9.64 Å². The summed E-state index contributed by atoms with van der Waals surface area (Å²) >= 11 is 0. The summed E-state index contributed by atoms with van der Waals surface area (Å²) in [6.45, 7) is 10.4. The molecule has 2 unspecified atom stereocenters. The van der Waals surface area contributed by atoms with Crippen molar-refractivity contribution in [2.24, 2.45) is 11.3 Å². The molecule has 2 fully saturated rings. The Balaban J connectivity index is 2.09. The van der Waals surface area contributed by atoms with Crippen LogP contribution in [0.4, 0.5) is 0 Å². The average molecular weight is 267 g/mol. The highest BCUT2D eigenvalue weighted by molar-refractivity contribution is 5.80. The third-order valence-corrected chi connectivity index (χ3v) is 5.56. The van der Waals surface area contributed by atoms with Crippen LogP contribution in [0.3, 0.4) is 0 Å². The van der Waals surface area contributed by atoms with E-state index in [1.807, 2.05) is 0 Å². The molecule has 0 aromatic rings. The minimum atomic E-state index is 0.117. The minimum absolute atomic E-state index is 0.117. The van der Waals surface area contributed by atoms with Crippen molar-refractivity contribution in [3.63, 3.8) is 0 Å². The van der Waals surface area contributed by atoms with Gasteiger partial charge in [-0.2, -0.15) is 0 Å². The van der Waals surface area contributed by atoms with Crippen molar-refractivity contribution < 1.29 is 9.53 Å². The van der Waals surface area contributed by atoms with Crippen LogP contribution in [0.1, 0.15) is 59.8 Å². The Morgan fingerprint density at radius 2 is 2.00 bits per heavy atom. The first-order chi connectivity index (χ1) is 8.99. The third kappa shape index (κ3) is 2.81. The summed E-state index contributed by atoms with van der Waals surface area (Å²) in [6.07, 6.45) is 5.45. The van der Waals surface area contributed by atoms with E-state index in [-0.39, 0.29) is 11.3 Å². The normalized spacial score (nSPS) is 32.3. The monoisotopic (exact) mass is 267 g/mol. The first-order valence-corrected chi connectivity index (χ1v) is 7.89. The predicted molar refractivity (Wildman–Crippen MR) is 76.9 cm³/mol. The van der Waals surface area contributed by atoms with Gasteiger partial charge in [-0.15, -0.1) is 0 Å². The van der Waals surface area contributed by atoms with E-state index in [0.29, 0.717) is 18.0 Å². The second kappa shape index (κ2) is 5.82. The second-order valence-corrected chi connectivity index (χ2v) is 6.72. The van der Waals surface area contributed by atoms with Gasteiger partial charge in [-0.05, 0) is 44.4 Å². The number of amides is 1. The molecule has 0 aliphatic carbocycles. The molecular formula is C16H29NO2. The molecule has 2 heterocycles. The molecule has 2 aliphatic heterocycles. The molecule has 3 atom stereocenters. The highest BCUT2D eigenvalue weighted by Gasteiger charge is 2.42. The molecule has 3 heteroatoms. The molecule has 0 bridgehead atoms. The first-order valence-electron chi connectivity index (χ1n) is 7.89. The van der Waals surface area contributed by atoms with Crippen LogP contribution in [0.15, 0.2) is 0 Å². The minimum Gasteiger partial charge on any atom is -0.381 e. The van der Waals surface area contributed by atoms with Crippen molar-refractivity contribution in [2.45, 2.75) is 71.9 Å². The molecule has 2 aliphatic rings. The van der Waals surface area contributed by atoms with Crippen LogP contribution in [0.5, 0.6) is 0 Å². The topological polar surface area (TPSA) is 29.5 Å². The van der Waals surface area contributed by atoms with Crippen molar-refractivity contribution in [3.8, 4) is 0 Å². The Morgan fingerprint density at radius 1 is 1.37 bits per heavy atom. The van der Waals surface area contributed by atoms with E-state index in [9.17, 15) is 4.79 Å². The van der Waals surface area contributed by atoms with Crippen molar-refractivity contribution in [3.05, 3.63) is 0 Å². The SMILES string of the molecule is CCC1CC[C@@H](C)N1C(=O)C(C)C1(C)CCOCC1. The molecule has 0 aromatic heterocycles. The zero-order valence-corrected chi connectivity index (χ0v) is 12.9. The third-order valence-electron chi connectivity index (χ3n) is 5.56. The van der Waals surface area contributed by atoms with Crippen molar-refractivity contribution in [1.29, 1.82) is 0 Å². The van der Waals surface area contributed by atoms with Gasteiger partial charge in [-0.3, -0.25) is 4.79 Å². The predicted octanol–water partition coefficient (Wildman–Crippen LogP) is 3.23. The van der Waals surface area contributed by atoms with E-state index in [0.717, 1.165) is 38.9 Å². The maximum Gasteiger partial charge on any atom is 0.226 e. The van der Waals surface area contributed by atoms with E-state index in [2.05, 4.69) is 32.6 Å². The van der Waals surface area contributed by atoms with Crippen molar-refractivity contribution in [1.82, 2.24) is 4.90 Å². The van der Waals surface area contributed by atoms with Crippen molar-refractivity contribution in [2.75, 3.05) is 13.2 Å². The highest BCUT2D eigenvalue weighted by Crippen LogP contribution is 2.40. The number of hydrogen-bond donors (Lipinski definition) is 0. The van der Waals surface area contributed by atoms with Gasteiger partial charge in [-0.25, -0.2) is 0 Å². The fourth-order valence-electron chi connectivity index (χ4n) is 3.66. The quantitative estimate of drug-likeness (QED) is 0.785. The van der Waals surface area contributed by atoms with Gasteiger partial charge in [-0.1, -0.05) is 20.8 Å². The number of nitrogens with zero attached hydrogens (tertiary/aromatic N) is 1. The van der Waals surface area contributed by atoms with Crippen LogP contribution >= 0.6 is 0 Å². The summed E-state index contributed by atoms with van der Waals surface area (Å²) in [6, 6.07) is 0.886. The molecule has 110 valence electrons. The molecule has 19 heavy (non-hydrogen) atoms. The molecular weight excluding hydrogens is 238 g/mol. The summed E-state index contributed by atoms with van der Waals surface area (Å²) in [5, 5.41) is 0. The Hall–Kier alpha value is -0.570. The number of likely N-dealkylation sites (tertiary alicyclic amines) is 1. The maximum absolute atomic E-state index is 12.9. The van der Waals surface area contributed by atoms with E-state index in [1.165, 1.54) is 6.42 Å². The van der Waals surface area contributed by atoms with Crippen LogP contribution in [-0.4, -0.2) is 36.1 Å². The zero-order chi connectivity index (χ0) is 14.0. The van der Waals surface area contributed by atoms with Crippen LogP contribution in [0, 0.1) is 11.3 Å². The fraction of sp³-hybridized carbons (Fsp3) is 0.938. The van der Waals surface area contributed by atoms with Crippen LogP contribution < -0.4 is 0 Å². The molecule has 2 saturated heterocycles. The summed E-state index contributed by atoms with van der Waals surface area (Å²) < 4.78 is 5.46. The van der Waals surface area contributed by atoms with Crippen molar-refractivity contribution >= 4 is 5.91 Å². The Labute approximate surface area is 117 Å². The van der Waals surface area contributed by atoms with Crippen LogP contribution in [-0.2, 0) is 9.53 Å². The average Bonchev–Trinajstić information content (AvgIpc) is 2.79. The highest BCUT2D eigenvalue weighted by atomic mass is 16.5. The second-order valence-electron chi connectivity index (χ2n) is 6.72. The van der Waals surface area contributed by atoms with Gasteiger partial charge >= 0.3 is 0 Å². The lowest BCUT2D eigenvalue weighted by atomic mass is 9.71. The maximum atomic E-state index is 12.9. The molecule has 0 N–H and O–H groups in total. The molecule has 0 aromatic carbocycles. The molecule has 2 rings (SSSR count). The number of rotatable bonds is 3. The van der Waals surface area contributed by atoms with Gasteiger partial charge in [0.15, 0.2) is 0 Å². The first kappa shape index (κ1) is 14.8. The summed E-state index contributed by atoms with van der Waals surface area (Å²) in [4.78, 5) is 15.1. The van der Waals surface area contributed by atoms with Crippen LogP contribution in [0.25, 0.3) is 0 Å². The van der Waals surface area contributed by atoms with Gasteiger partial charge in [0.25, 0.3) is 0 Å². The Morgan fingerprint density at radius 3 is 2.58 bits per heavy atom.